The summed E-state index contributed by atoms with van der Waals surface area (Å²) >= 11 is 1.68. The Labute approximate surface area is 363 Å². The minimum absolute atomic E-state index is 0.0151. The SMILES string of the molecule is CCn1c(-c2cc(N3CCN(C)CC3)cnc2[C@H](C)OC)c2c3cc(ccc31)-c1csc(c1)C1(CC1)[C@H](NC(=O)C1C[C@@H]1C)C(=O)N1N[C@@H](C(=O)OCC(C)(C)C2)C2CC1C2. The van der Waals surface area contributed by atoms with Gasteiger partial charge in [0.1, 0.15) is 12.1 Å². The Bertz CT molecular complexity index is 2390. The second-order valence-corrected chi connectivity index (χ2v) is 20.8. The van der Waals surface area contributed by atoms with Crippen molar-refractivity contribution in [1.29, 1.82) is 0 Å². The molecule has 3 aliphatic carbocycles. The molecule has 12 nitrogen and oxygen atoms in total. The Balaban J connectivity index is 1.13. The summed E-state index contributed by atoms with van der Waals surface area (Å²) in [5.41, 5.74) is 11.1. The van der Waals surface area contributed by atoms with Gasteiger partial charge in [0.2, 0.25) is 5.91 Å². The number of hydrogen-bond acceptors (Lipinski definition) is 10. The summed E-state index contributed by atoms with van der Waals surface area (Å²) in [6, 6.07) is 10.0. The molecule has 5 atom stereocenters. The molecule has 7 aliphatic rings. The number of ether oxygens (including phenoxy) is 2. The predicted octanol–water partition coefficient (Wildman–Crippen LogP) is 6.70. The molecule has 2 amide bonds. The summed E-state index contributed by atoms with van der Waals surface area (Å²) < 4.78 is 14.7. The summed E-state index contributed by atoms with van der Waals surface area (Å²) in [6.45, 7) is 15.5. The summed E-state index contributed by atoms with van der Waals surface area (Å²) in [5.74, 6) is -0.172. The number of aryl methyl sites for hydroxylation is 1. The van der Waals surface area contributed by atoms with Crippen LogP contribution >= 0.6 is 11.3 Å². The number of rotatable bonds is 7. The number of hydrazine groups is 1. The highest BCUT2D eigenvalue weighted by molar-refractivity contribution is 7.10. The third-order valence-corrected chi connectivity index (χ3v) is 16.2. The molecular formula is C48H61N7O5S. The van der Waals surface area contributed by atoms with Gasteiger partial charge in [-0.05, 0) is 118 Å². The molecule has 7 heterocycles. The van der Waals surface area contributed by atoms with Crippen LogP contribution in [0.15, 0.2) is 41.9 Å². The average molecular weight is 848 g/mol. The van der Waals surface area contributed by atoms with Crippen LogP contribution in [-0.2, 0) is 42.2 Å². The van der Waals surface area contributed by atoms with E-state index in [-0.39, 0.29) is 48.4 Å². The van der Waals surface area contributed by atoms with Gasteiger partial charge in [-0.1, -0.05) is 26.8 Å². The zero-order chi connectivity index (χ0) is 42.5. The number of amides is 2. The quantitative estimate of drug-likeness (QED) is 0.196. The van der Waals surface area contributed by atoms with Crippen molar-refractivity contribution in [3.05, 3.63) is 58.0 Å². The molecule has 2 N–H and O–H groups in total. The summed E-state index contributed by atoms with van der Waals surface area (Å²) in [5, 5.41) is 8.36. The monoisotopic (exact) mass is 847 g/mol. The van der Waals surface area contributed by atoms with Crippen LogP contribution in [0.5, 0.6) is 0 Å². The Kier molecular flexibility index (Phi) is 10.2. The summed E-state index contributed by atoms with van der Waals surface area (Å²) in [6.07, 6.45) is 6.35. The molecule has 1 unspecified atom stereocenters. The summed E-state index contributed by atoms with van der Waals surface area (Å²) in [4.78, 5) is 53.8. The number of fused-ring (bicyclic) bond motifs is 5. The highest BCUT2D eigenvalue weighted by atomic mass is 32.1. The predicted molar refractivity (Wildman–Crippen MR) is 238 cm³/mol. The van der Waals surface area contributed by atoms with Crippen molar-refractivity contribution in [3.8, 4) is 22.4 Å². The van der Waals surface area contributed by atoms with Crippen molar-refractivity contribution in [2.45, 2.75) is 109 Å². The first-order chi connectivity index (χ1) is 29.3. The Morgan fingerprint density at radius 2 is 1.84 bits per heavy atom. The number of aromatic nitrogens is 2. The van der Waals surface area contributed by atoms with Gasteiger partial charge in [-0.25, -0.2) is 5.43 Å². The second-order valence-electron chi connectivity index (χ2n) is 19.9. The maximum atomic E-state index is 14.8. The van der Waals surface area contributed by atoms with Crippen LogP contribution in [0.1, 0.15) is 89.0 Å². The van der Waals surface area contributed by atoms with Crippen molar-refractivity contribution >= 4 is 45.7 Å². The molecular weight excluding hydrogens is 787 g/mol. The first kappa shape index (κ1) is 40.8. The molecule has 61 heavy (non-hydrogen) atoms. The van der Waals surface area contributed by atoms with E-state index in [2.05, 4.69) is 102 Å². The van der Waals surface area contributed by atoms with Crippen LogP contribution in [-0.4, -0.2) is 102 Å². The molecule has 11 rings (SSSR count). The number of carbonyl (C=O) groups is 3. The minimum atomic E-state index is -0.729. The van der Waals surface area contributed by atoms with Gasteiger partial charge in [-0.15, -0.1) is 11.3 Å². The fourth-order valence-corrected chi connectivity index (χ4v) is 11.9. The number of carbonyl (C=O) groups excluding carboxylic acids is 3. The first-order valence-corrected chi connectivity index (χ1v) is 23.4. The topological polar surface area (TPSA) is 121 Å². The Morgan fingerprint density at radius 3 is 2.52 bits per heavy atom. The zero-order valence-corrected chi connectivity index (χ0v) is 37.6. The van der Waals surface area contributed by atoms with E-state index in [4.69, 9.17) is 14.5 Å². The molecule has 3 saturated carbocycles. The molecule has 1 aromatic carbocycles. The fraction of sp³-hybridized carbons (Fsp3) is 0.583. The smallest absolute Gasteiger partial charge is 0.325 e. The normalized spacial score (nSPS) is 28.6. The maximum absolute atomic E-state index is 14.8. The van der Waals surface area contributed by atoms with Gasteiger partial charge in [0, 0.05) is 84.0 Å². The Hall–Kier alpha value is -4.30. The lowest BCUT2D eigenvalue weighted by Crippen LogP contribution is -2.72. The van der Waals surface area contributed by atoms with E-state index in [0.717, 1.165) is 114 Å². The number of hydrogen-bond donors (Lipinski definition) is 2. The number of nitrogens with one attached hydrogen (secondary N) is 2. The van der Waals surface area contributed by atoms with E-state index in [1.54, 1.807) is 23.5 Å². The molecule has 4 aromatic rings. The lowest BCUT2D eigenvalue weighted by atomic mass is 9.72. The third kappa shape index (κ3) is 7.07. The van der Waals surface area contributed by atoms with E-state index in [9.17, 15) is 14.4 Å². The van der Waals surface area contributed by atoms with E-state index in [0.29, 0.717) is 12.3 Å². The third-order valence-electron chi connectivity index (χ3n) is 15.0. The van der Waals surface area contributed by atoms with Crippen LogP contribution in [0.3, 0.4) is 0 Å². The molecule has 3 aromatic heterocycles. The van der Waals surface area contributed by atoms with Gasteiger partial charge in [-0.2, -0.15) is 0 Å². The molecule has 1 spiro atoms. The second kappa shape index (κ2) is 15.2. The lowest BCUT2D eigenvalue weighted by Gasteiger charge is -2.53. The number of thiophene rings is 1. The van der Waals surface area contributed by atoms with Crippen LogP contribution in [0.25, 0.3) is 33.3 Å². The van der Waals surface area contributed by atoms with Gasteiger partial charge < -0.3 is 29.2 Å². The number of methoxy groups -OCH3 is 1. The van der Waals surface area contributed by atoms with Crippen molar-refractivity contribution in [2.24, 2.45) is 23.2 Å². The van der Waals surface area contributed by atoms with E-state index >= 15 is 0 Å². The molecule has 6 fully saturated rings. The fourth-order valence-electron chi connectivity index (χ4n) is 10.7. The van der Waals surface area contributed by atoms with E-state index < -0.39 is 22.9 Å². The number of esters is 1. The molecule has 4 aliphatic heterocycles. The van der Waals surface area contributed by atoms with Crippen molar-refractivity contribution < 1.29 is 23.9 Å². The van der Waals surface area contributed by atoms with Crippen molar-refractivity contribution in [1.82, 2.24) is 30.2 Å². The highest BCUT2D eigenvalue weighted by Gasteiger charge is 2.60. The van der Waals surface area contributed by atoms with Crippen molar-refractivity contribution in [3.63, 3.8) is 0 Å². The minimum Gasteiger partial charge on any atom is -0.464 e. The molecule has 13 heteroatoms. The van der Waals surface area contributed by atoms with Crippen LogP contribution < -0.4 is 15.6 Å². The van der Waals surface area contributed by atoms with Crippen LogP contribution in [0, 0.1) is 23.2 Å². The molecule has 324 valence electrons. The van der Waals surface area contributed by atoms with Gasteiger partial charge >= 0.3 is 5.97 Å². The maximum Gasteiger partial charge on any atom is 0.325 e. The van der Waals surface area contributed by atoms with Crippen molar-refractivity contribution in [2.75, 3.05) is 51.8 Å². The molecule has 0 radical (unpaired) electrons. The van der Waals surface area contributed by atoms with Crippen LogP contribution in [0.4, 0.5) is 5.69 Å². The number of anilines is 1. The van der Waals surface area contributed by atoms with Gasteiger partial charge in [0.25, 0.3) is 5.91 Å². The molecule has 3 saturated heterocycles. The number of pyridine rings is 1. The first-order valence-electron chi connectivity index (χ1n) is 22.6. The van der Waals surface area contributed by atoms with Gasteiger partial charge in [0.15, 0.2) is 0 Å². The number of nitrogens with zero attached hydrogens (tertiary/aromatic N) is 5. The highest BCUT2D eigenvalue weighted by Crippen LogP contribution is 2.55. The average Bonchev–Trinajstić information content (AvgIpc) is 4.12. The number of benzene rings is 1. The number of piperazine rings is 1. The zero-order valence-electron chi connectivity index (χ0n) is 36.8. The number of cyclic esters (lactones) is 1. The van der Waals surface area contributed by atoms with Crippen LogP contribution in [0.2, 0.25) is 0 Å². The van der Waals surface area contributed by atoms with Gasteiger partial charge in [0.05, 0.1) is 36.0 Å². The molecule has 8 bridgehead atoms. The Morgan fingerprint density at radius 1 is 1.08 bits per heavy atom. The summed E-state index contributed by atoms with van der Waals surface area (Å²) in [7, 11) is 3.92. The largest absolute Gasteiger partial charge is 0.464 e. The number of likely N-dealkylation sites (N-methyl/N-ethyl adjacent to an activating group) is 1. The van der Waals surface area contributed by atoms with Gasteiger partial charge in [-0.3, -0.25) is 24.4 Å². The van der Waals surface area contributed by atoms with E-state index in [1.165, 1.54) is 5.56 Å². The lowest BCUT2D eigenvalue weighted by molar-refractivity contribution is -0.171. The van der Waals surface area contributed by atoms with E-state index in [1.807, 2.05) is 6.20 Å². The standard InChI is InChI=1S/C48H61N7O5S/c1-8-54-38-10-9-29-20-35(38)37(42(54)36-22-33(24-49-40(36)28(3)59-7)53-15-13-52(6)14-16-53)23-47(4,5)26-60-46(58)41-30-18-32(19-30)55(51-41)45(57)43(50-44(56)34-17-27(34)2)48(11-12-48)39-21-31(29)25-61-39/h9-10,20-22,24-25,27-28,30,32,34,41,43,51H,8,11-19,23,26H2,1-7H3,(H,50,56)/t27-,28-,30?,32?,34?,41+,43+/m0/s1.